The van der Waals surface area contributed by atoms with Gasteiger partial charge in [0.25, 0.3) is 5.91 Å². The minimum Gasteiger partial charge on any atom is -0.453 e. The van der Waals surface area contributed by atoms with E-state index in [0.29, 0.717) is 0 Å². The Kier molecular flexibility index (Phi) is 5.97. The Morgan fingerprint density at radius 2 is 1.65 bits per heavy atom. The van der Waals surface area contributed by atoms with Crippen molar-refractivity contribution in [1.82, 2.24) is 5.32 Å². The summed E-state index contributed by atoms with van der Waals surface area (Å²) < 4.78 is 4.42. The highest BCUT2D eigenvalue weighted by molar-refractivity contribution is 5.93. The SMILES string of the molecule is COC(=O)NC(=O)[C@@H](C)[NH+]1CCCCCCC1. The number of methoxy groups -OCH3 is 1. The van der Waals surface area contributed by atoms with Gasteiger partial charge in [-0.3, -0.25) is 10.1 Å². The molecular weight excluding hydrogens is 220 g/mol. The highest BCUT2D eigenvalue weighted by Crippen LogP contribution is 2.03. The van der Waals surface area contributed by atoms with E-state index < -0.39 is 6.09 Å². The van der Waals surface area contributed by atoms with Gasteiger partial charge >= 0.3 is 6.09 Å². The molecule has 0 radical (unpaired) electrons. The van der Waals surface area contributed by atoms with Crippen LogP contribution in [0, 0.1) is 0 Å². The maximum absolute atomic E-state index is 11.8. The van der Waals surface area contributed by atoms with E-state index in [1.165, 1.54) is 31.3 Å². The summed E-state index contributed by atoms with van der Waals surface area (Å²) in [5.74, 6) is -0.243. The molecule has 0 aromatic carbocycles. The number of hydrogen-bond donors (Lipinski definition) is 2. The van der Waals surface area contributed by atoms with Gasteiger partial charge in [-0.2, -0.15) is 0 Å². The number of rotatable bonds is 2. The zero-order chi connectivity index (χ0) is 12.7. The van der Waals surface area contributed by atoms with Gasteiger partial charge in [-0.15, -0.1) is 0 Å². The molecule has 0 aliphatic carbocycles. The summed E-state index contributed by atoms with van der Waals surface area (Å²) in [7, 11) is 1.26. The molecule has 0 bridgehead atoms. The summed E-state index contributed by atoms with van der Waals surface area (Å²) >= 11 is 0. The number of carbonyl (C=O) groups excluding carboxylic acids is 2. The summed E-state index contributed by atoms with van der Waals surface area (Å²) in [4.78, 5) is 24.0. The van der Waals surface area contributed by atoms with Crippen LogP contribution in [0.1, 0.15) is 39.0 Å². The van der Waals surface area contributed by atoms with Crippen LogP contribution in [0.4, 0.5) is 4.79 Å². The number of amides is 2. The van der Waals surface area contributed by atoms with Crippen molar-refractivity contribution in [1.29, 1.82) is 0 Å². The van der Waals surface area contributed by atoms with Crippen molar-refractivity contribution in [3.05, 3.63) is 0 Å². The lowest BCUT2D eigenvalue weighted by Crippen LogP contribution is -3.16. The van der Waals surface area contributed by atoms with E-state index in [2.05, 4.69) is 10.1 Å². The van der Waals surface area contributed by atoms with Crippen molar-refractivity contribution in [2.75, 3.05) is 20.2 Å². The van der Waals surface area contributed by atoms with Gasteiger partial charge in [0.15, 0.2) is 6.04 Å². The number of carbonyl (C=O) groups is 2. The maximum atomic E-state index is 11.8. The van der Waals surface area contributed by atoms with Gasteiger partial charge in [0, 0.05) is 0 Å². The lowest BCUT2D eigenvalue weighted by atomic mass is 10.1. The van der Waals surface area contributed by atoms with Crippen LogP contribution in [0.15, 0.2) is 0 Å². The predicted molar refractivity (Wildman–Crippen MR) is 63.8 cm³/mol. The molecule has 17 heavy (non-hydrogen) atoms. The molecule has 0 saturated carbocycles. The first-order chi connectivity index (χ1) is 8.15. The summed E-state index contributed by atoms with van der Waals surface area (Å²) in [6.45, 7) is 3.89. The fourth-order valence-electron chi connectivity index (χ4n) is 2.24. The Balaban J connectivity index is 2.45. The second-order valence-electron chi connectivity index (χ2n) is 4.63. The zero-order valence-corrected chi connectivity index (χ0v) is 10.8. The minimum atomic E-state index is -0.673. The van der Waals surface area contributed by atoms with E-state index in [-0.39, 0.29) is 11.9 Å². The van der Waals surface area contributed by atoms with Crippen LogP contribution < -0.4 is 10.2 Å². The molecule has 1 heterocycles. The first-order valence-corrected chi connectivity index (χ1v) is 6.38. The van der Waals surface area contributed by atoms with Gasteiger partial charge in [0.2, 0.25) is 0 Å². The van der Waals surface area contributed by atoms with E-state index in [4.69, 9.17) is 0 Å². The van der Waals surface area contributed by atoms with E-state index in [1.807, 2.05) is 6.92 Å². The predicted octanol–water partition coefficient (Wildman–Crippen LogP) is 0.107. The van der Waals surface area contributed by atoms with Crippen molar-refractivity contribution < 1.29 is 19.2 Å². The molecule has 5 nitrogen and oxygen atoms in total. The molecule has 2 amide bonds. The summed E-state index contributed by atoms with van der Waals surface area (Å²) in [6, 6.07) is -0.188. The summed E-state index contributed by atoms with van der Waals surface area (Å²) in [5.41, 5.74) is 0. The average Bonchev–Trinajstić information content (AvgIpc) is 2.27. The third-order valence-electron chi connectivity index (χ3n) is 3.41. The standard InChI is InChI=1S/C12H22N2O3/c1-10(11(15)13-12(16)17-2)14-8-6-4-3-5-7-9-14/h10H,3-9H2,1-2H3,(H,13,15,16)/p+1/t10-/m1/s1. The number of likely N-dealkylation sites (tertiary alicyclic amines) is 1. The van der Waals surface area contributed by atoms with Crippen LogP contribution in [0.5, 0.6) is 0 Å². The number of nitrogens with one attached hydrogen (secondary N) is 2. The molecule has 5 heteroatoms. The van der Waals surface area contributed by atoms with Gasteiger partial charge < -0.3 is 9.64 Å². The zero-order valence-electron chi connectivity index (χ0n) is 10.8. The second-order valence-corrected chi connectivity index (χ2v) is 4.63. The van der Waals surface area contributed by atoms with E-state index in [9.17, 15) is 9.59 Å². The molecule has 0 spiro atoms. The lowest BCUT2D eigenvalue weighted by Gasteiger charge is -2.26. The molecule has 1 fully saturated rings. The highest BCUT2D eigenvalue weighted by Gasteiger charge is 2.26. The number of ether oxygens (including phenoxy) is 1. The van der Waals surface area contributed by atoms with E-state index in [1.54, 1.807) is 0 Å². The van der Waals surface area contributed by atoms with Crippen molar-refractivity contribution >= 4 is 12.0 Å². The fourth-order valence-corrected chi connectivity index (χ4v) is 2.24. The second kappa shape index (κ2) is 7.27. The van der Waals surface area contributed by atoms with E-state index in [0.717, 1.165) is 25.9 Å². The molecule has 1 aliphatic rings. The Morgan fingerprint density at radius 1 is 1.12 bits per heavy atom. The molecule has 0 aromatic rings. The Hall–Kier alpha value is -1.10. The molecular formula is C12H23N2O3+. The summed E-state index contributed by atoms with van der Waals surface area (Å²) in [6.07, 6.45) is 5.43. The molecule has 1 aliphatic heterocycles. The number of hydrogen-bond acceptors (Lipinski definition) is 3. The van der Waals surface area contributed by atoms with Gasteiger partial charge in [-0.05, 0) is 32.6 Å². The van der Waals surface area contributed by atoms with Crippen molar-refractivity contribution in [3.8, 4) is 0 Å². The van der Waals surface area contributed by atoms with Crippen molar-refractivity contribution in [3.63, 3.8) is 0 Å². The summed E-state index contributed by atoms with van der Waals surface area (Å²) in [5, 5.41) is 2.24. The normalized spacial score (nSPS) is 19.9. The van der Waals surface area contributed by atoms with Crippen LogP contribution in [0.3, 0.4) is 0 Å². The van der Waals surface area contributed by atoms with Crippen LogP contribution in [-0.2, 0) is 9.53 Å². The van der Waals surface area contributed by atoms with Crippen molar-refractivity contribution in [2.45, 2.75) is 45.1 Å². The molecule has 0 unspecified atom stereocenters. The van der Waals surface area contributed by atoms with Crippen LogP contribution in [0.2, 0.25) is 0 Å². The Morgan fingerprint density at radius 3 is 2.18 bits per heavy atom. The number of quaternary nitrogens is 1. The third-order valence-corrected chi connectivity index (χ3v) is 3.41. The molecule has 1 atom stereocenters. The first kappa shape index (κ1) is 14.0. The smallest absolute Gasteiger partial charge is 0.413 e. The first-order valence-electron chi connectivity index (χ1n) is 6.38. The number of imide groups is 1. The quantitative estimate of drug-likeness (QED) is 0.723. The van der Waals surface area contributed by atoms with Gasteiger partial charge in [-0.25, -0.2) is 4.79 Å². The number of alkyl carbamates (subject to hydrolysis) is 1. The lowest BCUT2D eigenvalue weighted by molar-refractivity contribution is -0.915. The third kappa shape index (κ3) is 4.73. The van der Waals surface area contributed by atoms with Crippen LogP contribution in [0.25, 0.3) is 0 Å². The molecule has 2 N–H and O–H groups in total. The minimum absolute atomic E-state index is 0.188. The molecule has 98 valence electrons. The van der Waals surface area contributed by atoms with Gasteiger partial charge in [-0.1, -0.05) is 6.42 Å². The van der Waals surface area contributed by atoms with Gasteiger partial charge in [0.05, 0.1) is 20.2 Å². The monoisotopic (exact) mass is 243 g/mol. The van der Waals surface area contributed by atoms with Crippen LogP contribution >= 0.6 is 0 Å². The topological polar surface area (TPSA) is 59.8 Å². The van der Waals surface area contributed by atoms with E-state index >= 15 is 0 Å². The fraction of sp³-hybridized carbons (Fsp3) is 0.833. The Bertz CT molecular complexity index is 260. The van der Waals surface area contributed by atoms with Crippen LogP contribution in [-0.4, -0.2) is 38.2 Å². The van der Waals surface area contributed by atoms with Crippen molar-refractivity contribution in [2.24, 2.45) is 0 Å². The molecule has 1 rings (SSSR count). The average molecular weight is 243 g/mol. The maximum Gasteiger partial charge on any atom is 0.413 e. The Labute approximate surface area is 102 Å². The van der Waals surface area contributed by atoms with Gasteiger partial charge in [0.1, 0.15) is 0 Å². The molecule has 0 aromatic heterocycles. The molecule has 1 saturated heterocycles. The highest BCUT2D eigenvalue weighted by atomic mass is 16.5. The largest absolute Gasteiger partial charge is 0.453 e.